The molecule has 0 saturated carbocycles. The van der Waals surface area contributed by atoms with Crippen molar-refractivity contribution in [3.05, 3.63) is 35.4 Å². The fourth-order valence-corrected chi connectivity index (χ4v) is 3.73. The molecule has 0 bridgehead atoms. The second kappa shape index (κ2) is 14.6. The van der Waals surface area contributed by atoms with Crippen LogP contribution in [0, 0.1) is 5.92 Å². The third-order valence-electron chi connectivity index (χ3n) is 5.56. The first kappa shape index (κ1) is 26.7. The summed E-state index contributed by atoms with van der Waals surface area (Å²) in [7, 11) is 0. The topological polar surface area (TPSA) is 57.2 Å². The average Bonchev–Trinajstić information content (AvgIpc) is 2.76. The zero-order valence-corrected chi connectivity index (χ0v) is 21.4. The van der Waals surface area contributed by atoms with E-state index in [1.165, 1.54) is 11.1 Å². The molecule has 1 aromatic rings. The maximum absolute atomic E-state index is 12.0. The van der Waals surface area contributed by atoms with Crippen molar-refractivity contribution < 1.29 is 9.53 Å². The maximum Gasteiger partial charge on any atom is 0.309 e. The van der Waals surface area contributed by atoms with Gasteiger partial charge in [-0.3, -0.25) is 9.69 Å². The number of nitrogens with zero attached hydrogens (tertiary/aromatic N) is 3. The van der Waals surface area contributed by atoms with Crippen LogP contribution in [0.15, 0.2) is 29.3 Å². The van der Waals surface area contributed by atoms with Crippen LogP contribution in [0.5, 0.6) is 0 Å². The Morgan fingerprint density at radius 1 is 1.13 bits per heavy atom. The molecule has 0 radical (unpaired) electrons. The van der Waals surface area contributed by atoms with E-state index in [0.717, 1.165) is 58.1 Å². The fraction of sp³-hybridized carbons (Fsp3) is 0.652. The minimum atomic E-state index is -0.0561. The molecule has 1 aliphatic heterocycles. The highest BCUT2D eigenvalue weighted by molar-refractivity contribution is 14.0. The summed E-state index contributed by atoms with van der Waals surface area (Å²) >= 11 is 0. The molecular weight excluding hydrogens is 491 g/mol. The van der Waals surface area contributed by atoms with Crippen LogP contribution in [-0.4, -0.2) is 61.1 Å². The summed E-state index contributed by atoms with van der Waals surface area (Å²) in [6, 6.07) is 8.59. The zero-order chi connectivity index (χ0) is 21.1. The van der Waals surface area contributed by atoms with E-state index in [1.807, 2.05) is 6.92 Å². The van der Waals surface area contributed by atoms with Gasteiger partial charge in [0, 0.05) is 26.2 Å². The predicted molar refractivity (Wildman–Crippen MR) is 134 cm³/mol. The average molecular weight is 530 g/mol. The number of benzene rings is 1. The van der Waals surface area contributed by atoms with Crippen molar-refractivity contribution in [2.45, 2.75) is 53.6 Å². The number of aliphatic imine (C=N–C) groups is 1. The largest absolute Gasteiger partial charge is 0.466 e. The molecule has 7 heteroatoms. The van der Waals surface area contributed by atoms with Crippen molar-refractivity contribution >= 4 is 35.9 Å². The number of piperidine rings is 1. The van der Waals surface area contributed by atoms with Gasteiger partial charge in [-0.1, -0.05) is 38.1 Å². The number of halogens is 1. The standard InChI is InChI=1S/C23H38N4O2.HI/c1-5-24-23(27-15-13-19(14-16-27)22(28)29-8-4)25-17-20-11-9-10-12-21(20)18-26(6-2)7-3;/h9-12,19H,5-8,13-18H2,1-4H3,(H,24,25);1H. The molecule has 0 atom stereocenters. The third-order valence-corrected chi connectivity index (χ3v) is 5.56. The van der Waals surface area contributed by atoms with Crippen molar-refractivity contribution in [2.24, 2.45) is 10.9 Å². The van der Waals surface area contributed by atoms with Crippen molar-refractivity contribution in [1.29, 1.82) is 0 Å². The molecule has 1 saturated heterocycles. The van der Waals surface area contributed by atoms with Crippen molar-refractivity contribution in [1.82, 2.24) is 15.1 Å². The van der Waals surface area contributed by atoms with Crippen molar-refractivity contribution in [3.63, 3.8) is 0 Å². The number of guanidine groups is 1. The maximum atomic E-state index is 12.0. The summed E-state index contributed by atoms with van der Waals surface area (Å²) in [5.74, 6) is 0.899. The van der Waals surface area contributed by atoms with E-state index in [9.17, 15) is 4.79 Å². The number of likely N-dealkylation sites (tertiary alicyclic amines) is 1. The molecule has 0 unspecified atom stereocenters. The molecule has 170 valence electrons. The number of ether oxygens (including phenoxy) is 1. The number of esters is 1. The Kier molecular flexibility index (Phi) is 13.0. The smallest absolute Gasteiger partial charge is 0.309 e. The lowest BCUT2D eigenvalue weighted by atomic mass is 9.97. The van der Waals surface area contributed by atoms with Crippen molar-refractivity contribution in [2.75, 3.05) is 39.3 Å². The first-order valence-electron chi connectivity index (χ1n) is 11.1. The second-order valence-corrected chi connectivity index (χ2v) is 7.41. The van der Waals surface area contributed by atoms with Gasteiger partial charge in [0.2, 0.25) is 0 Å². The Labute approximate surface area is 199 Å². The number of rotatable bonds is 9. The number of hydrogen-bond acceptors (Lipinski definition) is 4. The first-order chi connectivity index (χ1) is 14.1. The van der Waals surface area contributed by atoms with Gasteiger partial charge in [0.05, 0.1) is 19.1 Å². The highest BCUT2D eigenvalue weighted by atomic mass is 127. The molecule has 0 spiro atoms. The molecule has 0 amide bonds. The Morgan fingerprint density at radius 3 is 2.33 bits per heavy atom. The van der Waals surface area contributed by atoms with Gasteiger partial charge in [-0.25, -0.2) is 4.99 Å². The Bertz CT molecular complexity index is 656. The molecule has 0 aliphatic carbocycles. The van der Waals surface area contributed by atoms with E-state index in [2.05, 4.69) is 60.2 Å². The summed E-state index contributed by atoms with van der Waals surface area (Å²) < 4.78 is 5.19. The van der Waals surface area contributed by atoms with Crippen LogP contribution in [0.25, 0.3) is 0 Å². The van der Waals surface area contributed by atoms with Crippen LogP contribution in [0.2, 0.25) is 0 Å². The molecule has 2 rings (SSSR count). The van der Waals surface area contributed by atoms with Gasteiger partial charge in [-0.15, -0.1) is 24.0 Å². The van der Waals surface area contributed by atoms with Crippen LogP contribution in [0.4, 0.5) is 0 Å². The summed E-state index contributed by atoms with van der Waals surface area (Å²) in [6.07, 6.45) is 1.64. The monoisotopic (exact) mass is 530 g/mol. The molecule has 1 N–H and O–H groups in total. The Hall–Kier alpha value is -1.35. The van der Waals surface area contributed by atoms with Gasteiger partial charge < -0.3 is 15.0 Å². The zero-order valence-electron chi connectivity index (χ0n) is 19.0. The Balaban J connectivity index is 0.00000450. The summed E-state index contributed by atoms with van der Waals surface area (Å²) in [4.78, 5) is 21.6. The van der Waals surface area contributed by atoms with Crippen molar-refractivity contribution in [3.8, 4) is 0 Å². The molecule has 30 heavy (non-hydrogen) atoms. The van der Waals surface area contributed by atoms with E-state index >= 15 is 0 Å². The van der Waals surface area contributed by atoms with E-state index < -0.39 is 0 Å². The second-order valence-electron chi connectivity index (χ2n) is 7.41. The molecule has 1 aromatic carbocycles. The van der Waals surface area contributed by atoms with E-state index in [1.54, 1.807) is 0 Å². The number of carbonyl (C=O) groups is 1. The molecule has 0 aromatic heterocycles. The highest BCUT2D eigenvalue weighted by Crippen LogP contribution is 2.19. The number of carbonyl (C=O) groups excluding carboxylic acids is 1. The molecule has 1 fully saturated rings. The van der Waals surface area contributed by atoms with E-state index in [0.29, 0.717) is 13.2 Å². The number of nitrogens with one attached hydrogen (secondary N) is 1. The fourth-order valence-electron chi connectivity index (χ4n) is 3.73. The lowest BCUT2D eigenvalue weighted by Gasteiger charge is -2.33. The third kappa shape index (κ3) is 8.06. The van der Waals surface area contributed by atoms with Gasteiger partial charge in [-0.05, 0) is 50.9 Å². The molecule has 6 nitrogen and oxygen atoms in total. The lowest BCUT2D eigenvalue weighted by molar-refractivity contribution is -0.149. The number of hydrogen-bond donors (Lipinski definition) is 1. The normalized spacial score (nSPS) is 15.1. The minimum Gasteiger partial charge on any atom is -0.466 e. The van der Waals surface area contributed by atoms with E-state index in [-0.39, 0.29) is 35.9 Å². The van der Waals surface area contributed by atoms with Gasteiger partial charge in [-0.2, -0.15) is 0 Å². The van der Waals surface area contributed by atoms with Gasteiger partial charge in [0.25, 0.3) is 0 Å². The quantitative estimate of drug-likeness (QED) is 0.227. The molecular formula is C23H39IN4O2. The van der Waals surface area contributed by atoms with Crippen LogP contribution in [0.1, 0.15) is 51.7 Å². The van der Waals surface area contributed by atoms with Gasteiger partial charge in [0.1, 0.15) is 0 Å². The summed E-state index contributed by atoms with van der Waals surface area (Å²) in [5.41, 5.74) is 2.62. The predicted octanol–water partition coefficient (Wildman–Crippen LogP) is 3.89. The summed E-state index contributed by atoms with van der Waals surface area (Å²) in [5, 5.41) is 3.42. The SMILES string of the molecule is CCNC(=NCc1ccccc1CN(CC)CC)N1CCC(C(=O)OCC)CC1.I. The van der Waals surface area contributed by atoms with Crippen LogP contribution < -0.4 is 5.32 Å². The summed E-state index contributed by atoms with van der Waals surface area (Å²) in [6.45, 7) is 15.0. The highest BCUT2D eigenvalue weighted by Gasteiger charge is 2.27. The molecule has 1 aliphatic rings. The Morgan fingerprint density at radius 2 is 1.77 bits per heavy atom. The van der Waals surface area contributed by atoms with Gasteiger partial charge in [0.15, 0.2) is 5.96 Å². The first-order valence-corrected chi connectivity index (χ1v) is 11.1. The van der Waals surface area contributed by atoms with Crippen LogP contribution in [-0.2, 0) is 22.6 Å². The van der Waals surface area contributed by atoms with Crippen LogP contribution in [0.3, 0.4) is 0 Å². The van der Waals surface area contributed by atoms with Gasteiger partial charge >= 0.3 is 5.97 Å². The molecule has 1 heterocycles. The lowest BCUT2D eigenvalue weighted by Crippen LogP contribution is -2.46. The van der Waals surface area contributed by atoms with Crippen LogP contribution >= 0.6 is 24.0 Å². The minimum absolute atomic E-state index is 0. The van der Waals surface area contributed by atoms with E-state index in [4.69, 9.17) is 9.73 Å².